The zero-order valence-electron chi connectivity index (χ0n) is 21.7. The zero-order valence-corrected chi connectivity index (χ0v) is 22.5. The molecule has 1 atom stereocenters. The van der Waals surface area contributed by atoms with Crippen LogP contribution in [0, 0.1) is 11.7 Å². The lowest BCUT2D eigenvalue weighted by molar-refractivity contribution is -0.139. The Hall–Kier alpha value is -3.32. The first-order chi connectivity index (χ1) is 17.9. The lowest BCUT2D eigenvalue weighted by Gasteiger charge is -2.32. The van der Waals surface area contributed by atoms with Crippen molar-refractivity contribution in [1.29, 1.82) is 0 Å². The van der Waals surface area contributed by atoms with Crippen molar-refractivity contribution < 1.29 is 18.7 Å². The number of benzene rings is 3. The summed E-state index contributed by atoms with van der Waals surface area (Å²) < 4.78 is 18.8. The van der Waals surface area contributed by atoms with Crippen molar-refractivity contribution >= 4 is 23.6 Å². The molecule has 0 saturated heterocycles. The molecule has 0 aliphatic carbocycles. The molecule has 3 aromatic rings. The fraction of sp³-hybridized carbons (Fsp3) is 0.333. The van der Waals surface area contributed by atoms with Gasteiger partial charge in [-0.05, 0) is 46.9 Å². The number of halogens is 1. The summed E-state index contributed by atoms with van der Waals surface area (Å²) in [4.78, 5) is 28.7. The number of carbonyl (C=O) groups excluding carboxylic acids is 2. The van der Waals surface area contributed by atoms with Crippen molar-refractivity contribution in [2.24, 2.45) is 5.92 Å². The van der Waals surface area contributed by atoms with Gasteiger partial charge in [0.1, 0.15) is 17.6 Å². The highest BCUT2D eigenvalue weighted by atomic mass is 32.2. The third-order valence-electron chi connectivity index (χ3n) is 5.88. The van der Waals surface area contributed by atoms with Crippen LogP contribution in [0.25, 0.3) is 0 Å². The number of methoxy groups -OCH3 is 1. The van der Waals surface area contributed by atoms with Gasteiger partial charge in [-0.2, -0.15) is 0 Å². The Kier molecular flexibility index (Phi) is 11.0. The number of hydrogen-bond donors (Lipinski definition) is 1. The van der Waals surface area contributed by atoms with Gasteiger partial charge >= 0.3 is 0 Å². The lowest BCUT2D eigenvalue weighted by Crippen LogP contribution is -2.51. The van der Waals surface area contributed by atoms with Gasteiger partial charge in [-0.3, -0.25) is 9.59 Å². The largest absolute Gasteiger partial charge is 0.497 e. The predicted octanol–water partition coefficient (Wildman–Crippen LogP) is 5.48. The molecule has 3 aromatic carbocycles. The molecule has 0 spiro atoms. The summed E-state index contributed by atoms with van der Waals surface area (Å²) in [6.45, 7) is 4.80. The second-order valence-corrected chi connectivity index (χ2v) is 10.3. The molecule has 0 bridgehead atoms. The number of rotatable bonds is 13. The molecule has 0 fully saturated rings. The maximum Gasteiger partial charge on any atom is 0.243 e. The quantitative estimate of drug-likeness (QED) is 0.323. The summed E-state index contributed by atoms with van der Waals surface area (Å²) in [6.07, 6.45) is 0.390. The number of ether oxygens (including phenoxy) is 1. The summed E-state index contributed by atoms with van der Waals surface area (Å²) in [5.41, 5.74) is 2.82. The zero-order chi connectivity index (χ0) is 26.6. The SMILES string of the molecule is COc1ccc(CSCC(=O)N(Cc2ccc(F)cc2)C(Cc2ccccc2)C(=O)NCC(C)C)cc1. The first-order valence-electron chi connectivity index (χ1n) is 12.4. The standard InChI is InChI=1S/C30H35FN2O3S/c1-22(2)18-32-30(35)28(17-23-7-5-4-6-8-23)33(19-24-9-13-26(31)14-10-24)29(34)21-37-20-25-11-15-27(36-3)16-12-25/h4-16,22,28H,17-21H2,1-3H3,(H,32,35). The van der Waals surface area contributed by atoms with E-state index in [0.717, 1.165) is 22.4 Å². The van der Waals surface area contributed by atoms with Crippen molar-refractivity contribution in [3.8, 4) is 5.75 Å². The van der Waals surface area contributed by atoms with Crippen LogP contribution in [-0.4, -0.2) is 42.2 Å². The van der Waals surface area contributed by atoms with Crippen LogP contribution in [0.3, 0.4) is 0 Å². The first-order valence-corrected chi connectivity index (χ1v) is 13.6. The van der Waals surface area contributed by atoms with Crippen LogP contribution in [0.4, 0.5) is 4.39 Å². The van der Waals surface area contributed by atoms with Gasteiger partial charge in [0.2, 0.25) is 11.8 Å². The minimum atomic E-state index is -0.694. The highest BCUT2D eigenvalue weighted by Gasteiger charge is 2.30. The topological polar surface area (TPSA) is 58.6 Å². The van der Waals surface area contributed by atoms with E-state index in [4.69, 9.17) is 4.74 Å². The molecule has 2 amide bonds. The average Bonchev–Trinajstić information content (AvgIpc) is 2.91. The van der Waals surface area contributed by atoms with E-state index in [0.29, 0.717) is 18.7 Å². The van der Waals surface area contributed by atoms with E-state index < -0.39 is 6.04 Å². The summed E-state index contributed by atoms with van der Waals surface area (Å²) in [6, 6.07) is 22.8. The molecule has 7 heteroatoms. The summed E-state index contributed by atoms with van der Waals surface area (Å²) >= 11 is 1.50. The highest BCUT2D eigenvalue weighted by molar-refractivity contribution is 7.99. The van der Waals surface area contributed by atoms with Gasteiger partial charge in [-0.25, -0.2) is 4.39 Å². The number of nitrogens with zero attached hydrogens (tertiary/aromatic N) is 1. The molecule has 3 rings (SSSR count). The average molecular weight is 523 g/mol. The van der Waals surface area contributed by atoms with Crippen molar-refractivity contribution in [3.05, 3.63) is 101 Å². The molecular formula is C30H35FN2O3S. The van der Waals surface area contributed by atoms with E-state index in [9.17, 15) is 14.0 Å². The van der Waals surface area contributed by atoms with Crippen molar-refractivity contribution in [1.82, 2.24) is 10.2 Å². The summed E-state index contributed by atoms with van der Waals surface area (Å²) in [7, 11) is 1.63. The number of carbonyl (C=O) groups is 2. The van der Waals surface area contributed by atoms with Crippen LogP contribution in [0.2, 0.25) is 0 Å². The van der Waals surface area contributed by atoms with Crippen LogP contribution in [0.5, 0.6) is 5.75 Å². The summed E-state index contributed by atoms with van der Waals surface area (Å²) in [5, 5.41) is 3.01. The van der Waals surface area contributed by atoms with Crippen molar-refractivity contribution in [3.63, 3.8) is 0 Å². The van der Waals surface area contributed by atoms with Gasteiger partial charge < -0.3 is 15.0 Å². The van der Waals surface area contributed by atoms with Gasteiger partial charge in [-0.1, -0.05) is 68.4 Å². The van der Waals surface area contributed by atoms with Crippen molar-refractivity contribution in [2.75, 3.05) is 19.4 Å². The van der Waals surface area contributed by atoms with Crippen LogP contribution >= 0.6 is 11.8 Å². The van der Waals surface area contributed by atoms with E-state index in [1.165, 1.54) is 23.9 Å². The molecule has 0 aliphatic heterocycles. The smallest absolute Gasteiger partial charge is 0.243 e. The minimum Gasteiger partial charge on any atom is -0.497 e. The number of nitrogens with one attached hydrogen (secondary N) is 1. The van der Waals surface area contributed by atoms with E-state index in [1.54, 1.807) is 24.1 Å². The van der Waals surface area contributed by atoms with E-state index in [1.807, 2.05) is 68.4 Å². The molecule has 0 radical (unpaired) electrons. The molecule has 5 nitrogen and oxygen atoms in total. The second kappa shape index (κ2) is 14.4. The highest BCUT2D eigenvalue weighted by Crippen LogP contribution is 2.20. The Bertz CT molecular complexity index is 1120. The van der Waals surface area contributed by atoms with Gasteiger partial charge in [0.15, 0.2) is 0 Å². The number of hydrogen-bond acceptors (Lipinski definition) is 4. The van der Waals surface area contributed by atoms with Gasteiger partial charge in [0, 0.05) is 25.3 Å². The third kappa shape index (κ3) is 9.25. The Morgan fingerprint density at radius 2 is 1.57 bits per heavy atom. The van der Waals surface area contributed by atoms with Crippen LogP contribution in [0.15, 0.2) is 78.9 Å². The van der Waals surface area contributed by atoms with E-state index in [-0.39, 0.29) is 35.8 Å². The molecule has 196 valence electrons. The second-order valence-electron chi connectivity index (χ2n) is 9.33. The number of amides is 2. The fourth-order valence-electron chi connectivity index (χ4n) is 3.82. The molecule has 0 saturated carbocycles. The maximum absolute atomic E-state index is 13.6. The Labute approximate surface area is 223 Å². The normalized spacial score (nSPS) is 11.7. The summed E-state index contributed by atoms with van der Waals surface area (Å²) in [5.74, 6) is 1.27. The molecule has 1 N–H and O–H groups in total. The molecule has 37 heavy (non-hydrogen) atoms. The molecule has 0 aliphatic rings. The maximum atomic E-state index is 13.6. The Balaban J connectivity index is 1.81. The predicted molar refractivity (Wildman–Crippen MR) is 148 cm³/mol. The monoisotopic (exact) mass is 522 g/mol. The minimum absolute atomic E-state index is 0.136. The molecular weight excluding hydrogens is 487 g/mol. The fourth-order valence-corrected chi connectivity index (χ4v) is 4.69. The van der Waals surface area contributed by atoms with E-state index in [2.05, 4.69) is 5.32 Å². The van der Waals surface area contributed by atoms with Crippen LogP contribution < -0.4 is 10.1 Å². The third-order valence-corrected chi connectivity index (χ3v) is 6.86. The van der Waals surface area contributed by atoms with Crippen LogP contribution in [0.1, 0.15) is 30.5 Å². The van der Waals surface area contributed by atoms with E-state index >= 15 is 0 Å². The van der Waals surface area contributed by atoms with Gasteiger partial charge in [-0.15, -0.1) is 11.8 Å². The van der Waals surface area contributed by atoms with Crippen molar-refractivity contribution in [2.45, 2.75) is 38.6 Å². The molecule has 0 heterocycles. The molecule has 0 aromatic heterocycles. The van der Waals surface area contributed by atoms with Crippen LogP contribution in [-0.2, 0) is 28.3 Å². The molecule has 1 unspecified atom stereocenters. The lowest BCUT2D eigenvalue weighted by atomic mass is 10.0. The first kappa shape index (κ1) is 28.3. The number of thioether (sulfide) groups is 1. The Morgan fingerprint density at radius 3 is 2.19 bits per heavy atom. The van der Waals surface area contributed by atoms with Gasteiger partial charge in [0.25, 0.3) is 0 Å². The van der Waals surface area contributed by atoms with Gasteiger partial charge in [0.05, 0.1) is 12.9 Å². The Morgan fingerprint density at radius 1 is 0.919 bits per heavy atom.